The van der Waals surface area contributed by atoms with Crippen molar-refractivity contribution in [3.8, 4) is 0 Å². The predicted octanol–water partition coefficient (Wildman–Crippen LogP) is 5.01. The Labute approximate surface area is 125 Å². The number of benzene rings is 2. The van der Waals surface area contributed by atoms with E-state index < -0.39 is 0 Å². The third-order valence-electron chi connectivity index (χ3n) is 3.64. The fraction of sp³-hybridized carbons (Fsp3) is 0.211. The first-order valence-corrected chi connectivity index (χ1v) is 7.57. The van der Waals surface area contributed by atoms with Crippen LogP contribution < -0.4 is 0 Å². The number of hydrogen-bond donors (Lipinski definition) is 0. The highest BCUT2D eigenvalue weighted by Gasteiger charge is 2.07. The molecule has 3 rings (SSSR count). The SMILES string of the molecule is CCCCn1c(/C=C\c2ccccc2)nc2ccccc21. The molecule has 0 spiro atoms. The zero-order valence-electron chi connectivity index (χ0n) is 12.4. The topological polar surface area (TPSA) is 17.8 Å². The van der Waals surface area contributed by atoms with E-state index in [1.54, 1.807) is 0 Å². The van der Waals surface area contributed by atoms with Gasteiger partial charge in [0.25, 0.3) is 0 Å². The largest absolute Gasteiger partial charge is 0.324 e. The summed E-state index contributed by atoms with van der Waals surface area (Å²) in [7, 11) is 0. The van der Waals surface area contributed by atoms with Gasteiger partial charge in [0.15, 0.2) is 0 Å². The van der Waals surface area contributed by atoms with Gasteiger partial charge in [-0.05, 0) is 30.2 Å². The average Bonchev–Trinajstić information content (AvgIpc) is 2.89. The molecule has 0 saturated heterocycles. The van der Waals surface area contributed by atoms with Crippen LogP contribution in [-0.4, -0.2) is 9.55 Å². The van der Waals surface area contributed by atoms with Crippen LogP contribution in [-0.2, 0) is 6.54 Å². The van der Waals surface area contributed by atoms with E-state index in [-0.39, 0.29) is 0 Å². The molecule has 1 aromatic heterocycles. The Morgan fingerprint density at radius 3 is 2.52 bits per heavy atom. The van der Waals surface area contributed by atoms with E-state index in [1.807, 2.05) is 12.1 Å². The molecular weight excluding hydrogens is 256 g/mol. The van der Waals surface area contributed by atoms with Gasteiger partial charge in [0, 0.05) is 6.54 Å². The van der Waals surface area contributed by atoms with E-state index in [2.05, 4.69) is 66.1 Å². The summed E-state index contributed by atoms with van der Waals surface area (Å²) in [6, 6.07) is 18.7. The van der Waals surface area contributed by atoms with Crippen LogP contribution in [0.5, 0.6) is 0 Å². The maximum absolute atomic E-state index is 4.76. The number of fused-ring (bicyclic) bond motifs is 1. The van der Waals surface area contributed by atoms with Crippen molar-refractivity contribution in [3.05, 3.63) is 66.0 Å². The van der Waals surface area contributed by atoms with Gasteiger partial charge in [0.1, 0.15) is 5.82 Å². The van der Waals surface area contributed by atoms with Crippen molar-refractivity contribution in [1.29, 1.82) is 0 Å². The van der Waals surface area contributed by atoms with E-state index in [9.17, 15) is 0 Å². The normalized spacial score (nSPS) is 11.5. The van der Waals surface area contributed by atoms with Crippen molar-refractivity contribution >= 4 is 23.2 Å². The summed E-state index contributed by atoms with van der Waals surface area (Å²) in [5.74, 6) is 1.04. The predicted molar refractivity (Wildman–Crippen MR) is 90.0 cm³/mol. The average molecular weight is 276 g/mol. The number of nitrogens with zero attached hydrogens (tertiary/aromatic N) is 2. The highest BCUT2D eigenvalue weighted by Crippen LogP contribution is 2.18. The molecular formula is C19H20N2. The van der Waals surface area contributed by atoms with Gasteiger partial charge in [0.05, 0.1) is 11.0 Å². The minimum absolute atomic E-state index is 1.02. The maximum atomic E-state index is 4.76. The smallest absolute Gasteiger partial charge is 0.133 e. The number of aryl methyl sites for hydroxylation is 1. The Hall–Kier alpha value is -2.35. The van der Waals surface area contributed by atoms with Crippen molar-refractivity contribution in [3.63, 3.8) is 0 Å². The standard InChI is InChI=1S/C19H20N2/c1-2-3-15-21-18-12-8-7-11-17(18)20-19(21)14-13-16-9-5-4-6-10-16/h4-14H,2-3,15H2,1H3/b14-13-. The molecule has 0 aliphatic carbocycles. The molecule has 0 aliphatic heterocycles. The minimum Gasteiger partial charge on any atom is -0.324 e. The van der Waals surface area contributed by atoms with Crippen molar-refractivity contribution in [2.24, 2.45) is 0 Å². The van der Waals surface area contributed by atoms with Crippen molar-refractivity contribution < 1.29 is 0 Å². The quantitative estimate of drug-likeness (QED) is 0.640. The van der Waals surface area contributed by atoms with Gasteiger partial charge < -0.3 is 4.57 Å². The number of imidazole rings is 1. The molecule has 0 fully saturated rings. The van der Waals surface area contributed by atoms with Gasteiger partial charge in [-0.3, -0.25) is 0 Å². The summed E-state index contributed by atoms with van der Waals surface area (Å²) in [5, 5.41) is 0. The number of para-hydroxylation sites is 2. The highest BCUT2D eigenvalue weighted by molar-refractivity contribution is 5.79. The van der Waals surface area contributed by atoms with Crippen LogP contribution in [0, 0.1) is 0 Å². The lowest BCUT2D eigenvalue weighted by atomic mass is 10.2. The molecule has 0 aliphatic rings. The van der Waals surface area contributed by atoms with Crippen LogP contribution in [0.3, 0.4) is 0 Å². The Kier molecular flexibility index (Phi) is 4.15. The molecule has 0 amide bonds. The summed E-state index contributed by atoms with van der Waals surface area (Å²) in [6.07, 6.45) is 6.61. The number of hydrogen-bond acceptors (Lipinski definition) is 1. The first kappa shape index (κ1) is 13.6. The van der Waals surface area contributed by atoms with E-state index in [0.29, 0.717) is 0 Å². The van der Waals surface area contributed by atoms with Crippen molar-refractivity contribution in [2.45, 2.75) is 26.3 Å². The lowest BCUT2D eigenvalue weighted by molar-refractivity contribution is 0.641. The van der Waals surface area contributed by atoms with Crippen molar-refractivity contribution in [2.75, 3.05) is 0 Å². The molecule has 0 radical (unpaired) electrons. The third-order valence-corrected chi connectivity index (χ3v) is 3.64. The van der Waals surface area contributed by atoms with Gasteiger partial charge in [0.2, 0.25) is 0 Å². The number of rotatable bonds is 5. The van der Waals surface area contributed by atoms with Crippen LogP contribution in [0.25, 0.3) is 23.2 Å². The van der Waals surface area contributed by atoms with Crippen LogP contribution in [0.1, 0.15) is 31.2 Å². The Morgan fingerprint density at radius 1 is 0.952 bits per heavy atom. The third kappa shape index (κ3) is 3.05. The molecule has 0 bridgehead atoms. The van der Waals surface area contributed by atoms with Crippen LogP contribution in [0.2, 0.25) is 0 Å². The van der Waals surface area contributed by atoms with Gasteiger partial charge in [-0.2, -0.15) is 0 Å². The monoisotopic (exact) mass is 276 g/mol. The van der Waals surface area contributed by atoms with Gasteiger partial charge >= 0.3 is 0 Å². The van der Waals surface area contributed by atoms with E-state index in [1.165, 1.54) is 23.9 Å². The second kappa shape index (κ2) is 6.40. The first-order chi connectivity index (χ1) is 10.4. The summed E-state index contributed by atoms with van der Waals surface area (Å²) < 4.78 is 2.32. The summed E-state index contributed by atoms with van der Waals surface area (Å²) >= 11 is 0. The fourth-order valence-electron chi connectivity index (χ4n) is 2.51. The number of unbranched alkanes of at least 4 members (excludes halogenated alkanes) is 1. The Morgan fingerprint density at radius 2 is 1.71 bits per heavy atom. The van der Waals surface area contributed by atoms with E-state index in [0.717, 1.165) is 17.9 Å². The molecule has 2 aromatic carbocycles. The zero-order chi connectivity index (χ0) is 14.5. The lowest BCUT2D eigenvalue weighted by Gasteiger charge is -2.05. The van der Waals surface area contributed by atoms with Crippen LogP contribution >= 0.6 is 0 Å². The second-order valence-corrected chi connectivity index (χ2v) is 5.21. The van der Waals surface area contributed by atoms with Crippen LogP contribution in [0.15, 0.2) is 54.6 Å². The summed E-state index contributed by atoms with van der Waals surface area (Å²) in [6.45, 7) is 3.24. The molecule has 0 unspecified atom stereocenters. The Bertz CT molecular complexity index is 739. The van der Waals surface area contributed by atoms with Crippen LogP contribution in [0.4, 0.5) is 0 Å². The minimum atomic E-state index is 1.02. The molecule has 106 valence electrons. The number of aromatic nitrogens is 2. The second-order valence-electron chi connectivity index (χ2n) is 5.21. The fourth-order valence-corrected chi connectivity index (χ4v) is 2.51. The van der Waals surface area contributed by atoms with Gasteiger partial charge in [-0.25, -0.2) is 4.98 Å². The molecule has 1 heterocycles. The lowest BCUT2D eigenvalue weighted by Crippen LogP contribution is -2.00. The maximum Gasteiger partial charge on any atom is 0.133 e. The molecule has 3 aromatic rings. The molecule has 0 atom stereocenters. The zero-order valence-corrected chi connectivity index (χ0v) is 12.4. The first-order valence-electron chi connectivity index (χ1n) is 7.57. The van der Waals surface area contributed by atoms with Gasteiger partial charge in [-0.15, -0.1) is 0 Å². The summed E-state index contributed by atoms with van der Waals surface area (Å²) in [5.41, 5.74) is 3.49. The Balaban J connectivity index is 1.98. The van der Waals surface area contributed by atoms with E-state index >= 15 is 0 Å². The molecule has 2 heteroatoms. The molecule has 0 N–H and O–H groups in total. The summed E-state index contributed by atoms with van der Waals surface area (Å²) in [4.78, 5) is 4.76. The van der Waals surface area contributed by atoms with Gasteiger partial charge in [-0.1, -0.05) is 61.9 Å². The molecule has 21 heavy (non-hydrogen) atoms. The highest BCUT2D eigenvalue weighted by atomic mass is 15.1. The van der Waals surface area contributed by atoms with Crippen molar-refractivity contribution in [1.82, 2.24) is 9.55 Å². The molecule has 0 saturated carbocycles. The molecule has 2 nitrogen and oxygen atoms in total. The van der Waals surface area contributed by atoms with E-state index in [4.69, 9.17) is 4.98 Å².